The van der Waals surface area contributed by atoms with Gasteiger partial charge in [0.1, 0.15) is 17.5 Å². The first kappa shape index (κ1) is 17.7. The molecule has 5 nitrogen and oxygen atoms in total. The van der Waals surface area contributed by atoms with Crippen molar-refractivity contribution in [2.75, 3.05) is 11.9 Å². The van der Waals surface area contributed by atoms with Crippen LogP contribution in [0.25, 0.3) is 0 Å². The van der Waals surface area contributed by atoms with E-state index >= 15 is 0 Å². The van der Waals surface area contributed by atoms with Crippen LogP contribution in [0.15, 0.2) is 22.7 Å². The fraction of sp³-hybridized carbons (Fsp3) is 0.500. The summed E-state index contributed by atoms with van der Waals surface area (Å²) in [6.07, 6.45) is 0.704. The van der Waals surface area contributed by atoms with Crippen molar-refractivity contribution in [1.29, 1.82) is 0 Å². The molecule has 126 valence electrons. The summed E-state index contributed by atoms with van der Waals surface area (Å²) in [6, 6.07) is 3.79. The van der Waals surface area contributed by atoms with Crippen LogP contribution in [0.3, 0.4) is 0 Å². The van der Waals surface area contributed by atoms with E-state index in [-0.39, 0.29) is 5.69 Å². The maximum atomic E-state index is 13.8. The summed E-state index contributed by atoms with van der Waals surface area (Å²) in [4.78, 5) is 26.1. The van der Waals surface area contributed by atoms with Gasteiger partial charge < -0.3 is 10.1 Å². The quantitative estimate of drug-likeness (QED) is 0.837. The van der Waals surface area contributed by atoms with Crippen LogP contribution in [-0.2, 0) is 9.53 Å². The first-order chi connectivity index (χ1) is 10.7. The van der Waals surface area contributed by atoms with Crippen molar-refractivity contribution in [2.24, 2.45) is 0 Å². The molecule has 0 aromatic heterocycles. The van der Waals surface area contributed by atoms with Gasteiger partial charge in [0.15, 0.2) is 0 Å². The second kappa shape index (κ2) is 6.86. The summed E-state index contributed by atoms with van der Waals surface area (Å²) in [5.41, 5.74) is -0.552. The van der Waals surface area contributed by atoms with Crippen LogP contribution in [0.4, 0.5) is 14.9 Å². The average Bonchev–Trinajstić information content (AvgIpc) is 2.90. The first-order valence-electron chi connectivity index (χ1n) is 7.43. The van der Waals surface area contributed by atoms with Gasteiger partial charge in [-0.25, -0.2) is 9.18 Å². The average molecular weight is 387 g/mol. The first-order valence-corrected chi connectivity index (χ1v) is 8.23. The number of hydrogen-bond acceptors (Lipinski definition) is 3. The minimum atomic E-state index is -0.656. The van der Waals surface area contributed by atoms with Crippen molar-refractivity contribution in [1.82, 2.24) is 4.90 Å². The van der Waals surface area contributed by atoms with E-state index in [1.54, 1.807) is 26.8 Å². The fourth-order valence-corrected chi connectivity index (χ4v) is 2.84. The van der Waals surface area contributed by atoms with Crippen molar-refractivity contribution in [3.63, 3.8) is 0 Å². The van der Waals surface area contributed by atoms with Crippen LogP contribution in [0.5, 0.6) is 0 Å². The molecule has 1 aromatic rings. The molecule has 0 aliphatic carbocycles. The number of anilines is 1. The van der Waals surface area contributed by atoms with Crippen molar-refractivity contribution < 1.29 is 18.7 Å². The fourth-order valence-electron chi connectivity index (χ4n) is 2.40. The standard InChI is InChI=1S/C16H20BrFN2O3/c1-16(2,3)23-15(22)20-9-5-8-12(20)14(21)19-13-10(17)6-4-7-11(13)18/h4,6-7,12H,5,8-9H2,1-3H3,(H,19,21)/t12-/m0/s1. The second-order valence-electron chi connectivity index (χ2n) is 6.42. The van der Waals surface area contributed by atoms with Gasteiger partial charge in [-0.3, -0.25) is 9.69 Å². The van der Waals surface area contributed by atoms with E-state index in [2.05, 4.69) is 21.2 Å². The lowest BCUT2D eigenvalue weighted by atomic mass is 10.2. The predicted molar refractivity (Wildman–Crippen MR) is 88.7 cm³/mol. The Morgan fingerprint density at radius 2 is 2.09 bits per heavy atom. The highest BCUT2D eigenvalue weighted by atomic mass is 79.9. The molecule has 1 atom stereocenters. The molecular weight excluding hydrogens is 367 g/mol. The number of halogens is 2. The summed E-state index contributed by atoms with van der Waals surface area (Å²) >= 11 is 3.21. The van der Waals surface area contributed by atoms with E-state index in [1.165, 1.54) is 17.0 Å². The van der Waals surface area contributed by atoms with Crippen molar-refractivity contribution in [3.05, 3.63) is 28.5 Å². The largest absolute Gasteiger partial charge is 0.444 e. The molecule has 7 heteroatoms. The van der Waals surface area contributed by atoms with Crippen molar-refractivity contribution >= 4 is 33.6 Å². The molecule has 1 aliphatic rings. The summed E-state index contributed by atoms with van der Waals surface area (Å²) < 4.78 is 19.6. The SMILES string of the molecule is CC(C)(C)OC(=O)N1CCC[C@H]1C(=O)Nc1c(F)cccc1Br. The Kier molecular flexibility index (Phi) is 5.29. The summed E-state index contributed by atoms with van der Waals surface area (Å²) in [7, 11) is 0. The van der Waals surface area contributed by atoms with Gasteiger partial charge in [-0.05, 0) is 61.7 Å². The topological polar surface area (TPSA) is 58.6 Å². The lowest BCUT2D eigenvalue weighted by Crippen LogP contribution is -2.45. The van der Waals surface area contributed by atoms with Gasteiger partial charge in [0.2, 0.25) is 5.91 Å². The number of ether oxygens (including phenoxy) is 1. The molecule has 1 saturated heterocycles. The van der Waals surface area contributed by atoms with Crippen LogP contribution in [0.1, 0.15) is 33.6 Å². The third-order valence-corrected chi connectivity index (χ3v) is 4.06. The maximum Gasteiger partial charge on any atom is 0.410 e. The zero-order chi connectivity index (χ0) is 17.2. The molecule has 23 heavy (non-hydrogen) atoms. The monoisotopic (exact) mass is 386 g/mol. The second-order valence-corrected chi connectivity index (χ2v) is 7.27. The molecule has 1 fully saturated rings. The predicted octanol–water partition coefficient (Wildman–Crippen LogP) is 3.93. The number of likely N-dealkylation sites (tertiary alicyclic amines) is 1. The molecule has 1 aromatic carbocycles. The van der Waals surface area contributed by atoms with E-state index in [0.717, 1.165) is 0 Å². The zero-order valence-corrected chi connectivity index (χ0v) is 14.9. The normalized spacial score (nSPS) is 18.0. The van der Waals surface area contributed by atoms with E-state index < -0.39 is 29.5 Å². The number of amides is 2. The van der Waals surface area contributed by atoms with E-state index in [0.29, 0.717) is 23.9 Å². The van der Waals surface area contributed by atoms with Crippen LogP contribution >= 0.6 is 15.9 Å². The van der Waals surface area contributed by atoms with Crippen molar-refractivity contribution in [2.45, 2.75) is 45.3 Å². The maximum absolute atomic E-state index is 13.8. The summed E-state index contributed by atoms with van der Waals surface area (Å²) in [6.45, 7) is 5.76. The highest BCUT2D eigenvalue weighted by Gasteiger charge is 2.37. The van der Waals surface area contributed by atoms with Gasteiger partial charge in [-0.2, -0.15) is 0 Å². The minimum absolute atomic E-state index is 0.0774. The molecule has 0 radical (unpaired) electrons. The van der Waals surface area contributed by atoms with E-state index in [9.17, 15) is 14.0 Å². The third-order valence-electron chi connectivity index (χ3n) is 3.39. The Balaban J connectivity index is 2.10. The molecule has 2 amide bonds. The van der Waals surface area contributed by atoms with Crippen molar-refractivity contribution in [3.8, 4) is 0 Å². The molecule has 0 spiro atoms. The Morgan fingerprint density at radius 3 is 2.70 bits per heavy atom. The Bertz CT molecular complexity index is 596. The highest BCUT2D eigenvalue weighted by molar-refractivity contribution is 9.10. The van der Waals surface area contributed by atoms with E-state index in [4.69, 9.17) is 4.74 Å². The summed E-state index contributed by atoms with van der Waals surface area (Å²) in [5.74, 6) is -0.950. The molecular formula is C16H20BrFN2O3. The smallest absolute Gasteiger partial charge is 0.410 e. The number of carbonyl (C=O) groups excluding carboxylic acids is 2. The Morgan fingerprint density at radius 1 is 1.39 bits per heavy atom. The lowest BCUT2D eigenvalue weighted by Gasteiger charge is -2.28. The number of rotatable bonds is 2. The van der Waals surface area contributed by atoms with E-state index in [1.807, 2.05) is 0 Å². The Labute approximate surface area is 143 Å². The van der Waals surface area contributed by atoms with Crippen LogP contribution < -0.4 is 5.32 Å². The number of carbonyl (C=O) groups is 2. The van der Waals surface area contributed by atoms with Gasteiger partial charge in [-0.1, -0.05) is 6.07 Å². The minimum Gasteiger partial charge on any atom is -0.444 e. The van der Waals surface area contributed by atoms with Gasteiger partial charge >= 0.3 is 6.09 Å². The van der Waals surface area contributed by atoms with Gasteiger partial charge in [0, 0.05) is 11.0 Å². The number of para-hydroxylation sites is 1. The molecule has 0 saturated carbocycles. The Hall–Kier alpha value is -1.63. The summed E-state index contributed by atoms with van der Waals surface area (Å²) in [5, 5.41) is 2.56. The lowest BCUT2D eigenvalue weighted by molar-refractivity contribution is -0.120. The van der Waals surface area contributed by atoms with Gasteiger partial charge in [0.25, 0.3) is 0 Å². The molecule has 1 heterocycles. The number of nitrogens with zero attached hydrogens (tertiary/aromatic N) is 1. The van der Waals surface area contributed by atoms with Gasteiger partial charge in [0.05, 0.1) is 5.69 Å². The molecule has 0 bridgehead atoms. The third kappa shape index (κ3) is 4.43. The zero-order valence-electron chi connectivity index (χ0n) is 13.4. The number of hydrogen-bond donors (Lipinski definition) is 1. The number of nitrogens with one attached hydrogen (secondary N) is 1. The molecule has 2 rings (SSSR count). The molecule has 0 unspecified atom stereocenters. The molecule has 1 aliphatic heterocycles. The molecule has 1 N–H and O–H groups in total. The van der Waals surface area contributed by atoms with Crippen LogP contribution in [-0.4, -0.2) is 35.1 Å². The number of benzene rings is 1. The van der Waals surface area contributed by atoms with Crippen LogP contribution in [0, 0.1) is 5.82 Å². The van der Waals surface area contributed by atoms with Crippen LogP contribution in [0.2, 0.25) is 0 Å². The highest BCUT2D eigenvalue weighted by Crippen LogP contribution is 2.27. The van der Waals surface area contributed by atoms with Gasteiger partial charge in [-0.15, -0.1) is 0 Å².